The highest BCUT2D eigenvalue weighted by molar-refractivity contribution is 9.12. The average molecular weight is 396 g/mol. The van der Waals surface area contributed by atoms with Crippen molar-refractivity contribution >= 4 is 37.8 Å². The minimum atomic E-state index is -0.505. The van der Waals surface area contributed by atoms with Crippen LogP contribution in [0, 0.1) is 17.3 Å². The topological polar surface area (TPSA) is 26.3 Å². The summed E-state index contributed by atoms with van der Waals surface area (Å²) in [5, 5.41) is 0.749. The molecule has 1 aliphatic rings. The van der Waals surface area contributed by atoms with E-state index in [2.05, 4.69) is 65.6 Å². The van der Waals surface area contributed by atoms with Gasteiger partial charge in [0.05, 0.1) is 10.7 Å². The Morgan fingerprint density at radius 3 is 2.37 bits per heavy atom. The number of hydrogen-bond acceptors (Lipinski definition) is 2. The minimum Gasteiger partial charge on any atom is -0.458 e. The van der Waals surface area contributed by atoms with E-state index < -0.39 is 5.60 Å². The summed E-state index contributed by atoms with van der Waals surface area (Å²) in [5.41, 5.74) is 0.765. The molecule has 0 heterocycles. The number of carbonyl (C=O) groups is 1. The summed E-state index contributed by atoms with van der Waals surface area (Å²) in [7, 11) is 0. The SMILES string of the molecule is CC(C)=C[C@H]1[C@H](C(=O)OC(C)(C)[C@H](Br)CBr)C1(C)C. The van der Waals surface area contributed by atoms with Crippen LogP contribution >= 0.6 is 31.9 Å². The number of carbonyl (C=O) groups excluding carboxylic acids is 1. The van der Waals surface area contributed by atoms with Crippen molar-refractivity contribution in [2.45, 2.75) is 52.0 Å². The van der Waals surface area contributed by atoms with Crippen LogP contribution in [0.1, 0.15) is 41.5 Å². The van der Waals surface area contributed by atoms with Gasteiger partial charge in [-0.1, -0.05) is 57.4 Å². The molecule has 1 aliphatic carbocycles. The van der Waals surface area contributed by atoms with Crippen molar-refractivity contribution in [2.24, 2.45) is 17.3 Å². The molecule has 3 atom stereocenters. The molecule has 1 saturated carbocycles. The molecule has 0 unspecified atom stereocenters. The van der Waals surface area contributed by atoms with E-state index >= 15 is 0 Å². The van der Waals surface area contributed by atoms with Crippen LogP contribution in [0.25, 0.3) is 0 Å². The lowest BCUT2D eigenvalue weighted by molar-refractivity contribution is -0.158. The molecule has 0 aromatic carbocycles. The number of alkyl halides is 2. The second kappa shape index (κ2) is 5.88. The van der Waals surface area contributed by atoms with E-state index in [-0.39, 0.29) is 22.1 Å². The Morgan fingerprint density at radius 1 is 1.42 bits per heavy atom. The Balaban J connectivity index is 2.73. The fraction of sp³-hybridized carbons (Fsp3) is 0.800. The maximum Gasteiger partial charge on any atom is 0.310 e. The van der Waals surface area contributed by atoms with Crippen LogP contribution in [-0.4, -0.2) is 21.7 Å². The molecule has 0 aromatic rings. The van der Waals surface area contributed by atoms with E-state index in [4.69, 9.17) is 4.74 Å². The lowest BCUT2D eigenvalue weighted by Crippen LogP contribution is -2.39. The van der Waals surface area contributed by atoms with Gasteiger partial charge in [-0.15, -0.1) is 0 Å². The zero-order chi connectivity index (χ0) is 15.0. The Labute approximate surface area is 133 Å². The van der Waals surface area contributed by atoms with Gasteiger partial charge >= 0.3 is 5.97 Å². The van der Waals surface area contributed by atoms with Gasteiger partial charge in [0.2, 0.25) is 0 Å². The van der Waals surface area contributed by atoms with E-state index in [1.54, 1.807) is 0 Å². The van der Waals surface area contributed by atoms with Gasteiger partial charge in [-0.2, -0.15) is 0 Å². The summed E-state index contributed by atoms with van der Waals surface area (Å²) in [6.45, 7) is 12.3. The summed E-state index contributed by atoms with van der Waals surface area (Å²) in [6, 6.07) is 0. The second-order valence-electron chi connectivity index (χ2n) is 6.72. The van der Waals surface area contributed by atoms with Gasteiger partial charge in [-0.3, -0.25) is 4.79 Å². The first-order valence-electron chi connectivity index (χ1n) is 6.62. The van der Waals surface area contributed by atoms with Crippen LogP contribution in [0.2, 0.25) is 0 Å². The third-order valence-corrected chi connectivity index (χ3v) is 6.87. The number of allylic oxidation sites excluding steroid dienone is 2. The molecular weight excluding hydrogens is 372 g/mol. The molecule has 0 aromatic heterocycles. The smallest absolute Gasteiger partial charge is 0.310 e. The standard InChI is InChI=1S/C15H24Br2O2/c1-9(2)7-10-12(14(10,3)4)13(18)19-15(5,6)11(17)8-16/h7,10-12H,8H2,1-6H3/t10-,11+,12+/m0/s1. The van der Waals surface area contributed by atoms with Crippen LogP contribution in [0.4, 0.5) is 0 Å². The molecular formula is C15H24Br2O2. The third-order valence-electron chi connectivity index (χ3n) is 3.93. The summed E-state index contributed by atoms with van der Waals surface area (Å²) < 4.78 is 5.72. The van der Waals surface area contributed by atoms with Gasteiger partial charge in [-0.05, 0) is 39.0 Å². The molecule has 110 valence electrons. The van der Waals surface area contributed by atoms with E-state index in [1.807, 2.05) is 13.8 Å². The first kappa shape index (κ1) is 17.2. The summed E-state index contributed by atoms with van der Waals surface area (Å²) in [4.78, 5) is 12.5. The first-order valence-corrected chi connectivity index (χ1v) is 8.65. The molecule has 0 saturated heterocycles. The molecule has 0 aliphatic heterocycles. The predicted octanol–water partition coefficient (Wildman–Crippen LogP) is 4.71. The van der Waals surface area contributed by atoms with Gasteiger partial charge in [0.1, 0.15) is 5.60 Å². The maximum absolute atomic E-state index is 12.4. The van der Waals surface area contributed by atoms with Crippen molar-refractivity contribution in [1.29, 1.82) is 0 Å². The summed E-state index contributed by atoms with van der Waals surface area (Å²) in [5.74, 6) is 0.207. The molecule has 19 heavy (non-hydrogen) atoms. The lowest BCUT2D eigenvalue weighted by atomic mass is 10.1. The molecule has 1 fully saturated rings. The molecule has 0 bridgehead atoms. The largest absolute Gasteiger partial charge is 0.458 e. The van der Waals surface area contributed by atoms with Crippen molar-refractivity contribution in [3.05, 3.63) is 11.6 Å². The van der Waals surface area contributed by atoms with Gasteiger partial charge in [0.15, 0.2) is 0 Å². The highest BCUT2D eigenvalue weighted by Gasteiger charge is 2.62. The molecule has 0 radical (unpaired) electrons. The second-order valence-corrected chi connectivity index (χ2v) is 8.47. The predicted molar refractivity (Wildman–Crippen MR) is 86.9 cm³/mol. The van der Waals surface area contributed by atoms with Crippen molar-refractivity contribution in [1.82, 2.24) is 0 Å². The van der Waals surface area contributed by atoms with E-state index in [9.17, 15) is 4.79 Å². The molecule has 2 nitrogen and oxygen atoms in total. The normalized spacial score (nSPS) is 26.5. The quantitative estimate of drug-likeness (QED) is 0.383. The summed E-state index contributed by atoms with van der Waals surface area (Å²) in [6.07, 6.45) is 2.19. The van der Waals surface area contributed by atoms with Crippen molar-refractivity contribution in [3.63, 3.8) is 0 Å². The van der Waals surface area contributed by atoms with Crippen molar-refractivity contribution < 1.29 is 9.53 Å². The molecule has 0 spiro atoms. The van der Waals surface area contributed by atoms with Crippen LogP contribution in [0.15, 0.2) is 11.6 Å². The molecule has 0 amide bonds. The zero-order valence-electron chi connectivity index (χ0n) is 12.6. The number of ether oxygens (including phenoxy) is 1. The van der Waals surface area contributed by atoms with E-state index in [0.717, 1.165) is 5.33 Å². The zero-order valence-corrected chi connectivity index (χ0v) is 15.8. The first-order chi connectivity index (χ1) is 8.54. The third kappa shape index (κ3) is 3.84. The number of halogens is 2. The molecule has 1 rings (SSSR count). The number of esters is 1. The van der Waals surface area contributed by atoms with Crippen LogP contribution in [0.3, 0.4) is 0 Å². The van der Waals surface area contributed by atoms with Crippen molar-refractivity contribution in [3.8, 4) is 0 Å². The van der Waals surface area contributed by atoms with Gasteiger partial charge in [0.25, 0.3) is 0 Å². The minimum absolute atomic E-state index is 0.0145. The Hall–Kier alpha value is 0.170. The van der Waals surface area contributed by atoms with Gasteiger partial charge < -0.3 is 4.74 Å². The maximum atomic E-state index is 12.4. The monoisotopic (exact) mass is 394 g/mol. The lowest BCUT2D eigenvalue weighted by Gasteiger charge is -2.29. The molecule has 4 heteroatoms. The Morgan fingerprint density at radius 2 is 1.95 bits per heavy atom. The fourth-order valence-corrected chi connectivity index (χ4v) is 3.24. The highest BCUT2D eigenvalue weighted by atomic mass is 79.9. The van der Waals surface area contributed by atoms with Gasteiger partial charge in [-0.25, -0.2) is 0 Å². The Bertz CT molecular complexity index is 382. The van der Waals surface area contributed by atoms with Crippen LogP contribution < -0.4 is 0 Å². The average Bonchev–Trinajstić information content (AvgIpc) is 2.77. The highest BCUT2D eigenvalue weighted by Crippen LogP contribution is 2.60. The van der Waals surface area contributed by atoms with Gasteiger partial charge in [0, 0.05) is 5.33 Å². The van der Waals surface area contributed by atoms with Crippen molar-refractivity contribution in [2.75, 3.05) is 5.33 Å². The molecule has 0 N–H and O–H groups in total. The number of hydrogen-bond donors (Lipinski definition) is 0. The number of rotatable bonds is 5. The van der Waals surface area contributed by atoms with E-state index in [1.165, 1.54) is 5.57 Å². The summed E-state index contributed by atoms with van der Waals surface area (Å²) >= 11 is 6.96. The van der Waals surface area contributed by atoms with E-state index in [0.29, 0.717) is 5.92 Å². The fourth-order valence-electron chi connectivity index (χ4n) is 2.37. The van der Waals surface area contributed by atoms with Crippen LogP contribution in [-0.2, 0) is 9.53 Å². The van der Waals surface area contributed by atoms with Crippen LogP contribution in [0.5, 0.6) is 0 Å². The Kier molecular flexibility index (Phi) is 5.33.